The van der Waals surface area contributed by atoms with Crippen molar-refractivity contribution in [2.45, 2.75) is 96.0 Å². The second kappa shape index (κ2) is 15.2. The number of carbonyl (C=O) groups excluding carboxylic acids is 4. The van der Waals surface area contributed by atoms with Crippen molar-refractivity contribution in [3.63, 3.8) is 0 Å². The van der Waals surface area contributed by atoms with Crippen LogP contribution in [-0.2, 0) is 28.7 Å². The van der Waals surface area contributed by atoms with Crippen LogP contribution in [-0.4, -0.2) is 83.8 Å². The molecule has 2 N–H and O–H groups in total. The molecule has 45 heavy (non-hydrogen) atoms. The quantitative estimate of drug-likeness (QED) is 0.154. The lowest BCUT2D eigenvalue weighted by molar-refractivity contribution is -0.159. The van der Waals surface area contributed by atoms with Gasteiger partial charge in [0.2, 0.25) is 11.8 Å². The monoisotopic (exact) mass is 623 g/mol. The minimum absolute atomic E-state index is 0.108. The minimum atomic E-state index is -1.15. The summed E-state index contributed by atoms with van der Waals surface area (Å²) in [6.07, 6.45) is 7.03. The molecule has 0 radical (unpaired) electrons. The lowest BCUT2D eigenvalue weighted by Crippen LogP contribution is -2.56. The molecule has 3 amide bonds. The van der Waals surface area contributed by atoms with Gasteiger partial charge in [-0.15, -0.1) is 13.2 Å². The number of anilines is 1. The number of allylic oxidation sites excluding steroid dienone is 1. The van der Waals surface area contributed by atoms with Crippen molar-refractivity contribution in [3.8, 4) is 0 Å². The average molecular weight is 624 g/mol. The maximum atomic E-state index is 14.7. The zero-order chi connectivity index (χ0) is 32.7. The van der Waals surface area contributed by atoms with Gasteiger partial charge in [-0.25, -0.2) is 0 Å². The Kier molecular flexibility index (Phi) is 11.6. The highest BCUT2D eigenvalue weighted by atomic mass is 16.6. The van der Waals surface area contributed by atoms with Crippen molar-refractivity contribution >= 4 is 29.4 Å². The Hall–Kier alpha value is -3.50. The van der Waals surface area contributed by atoms with Crippen LogP contribution in [0, 0.1) is 25.7 Å². The van der Waals surface area contributed by atoms with Crippen molar-refractivity contribution in [1.29, 1.82) is 0 Å². The summed E-state index contributed by atoms with van der Waals surface area (Å²) in [5.74, 6) is -2.88. The average Bonchev–Trinajstić information content (AvgIpc) is 3.65. The van der Waals surface area contributed by atoms with Crippen LogP contribution in [0.2, 0.25) is 0 Å². The number of aryl methyl sites for hydroxylation is 2. The van der Waals surface area contributed by atoms with Gasteiger partial charge < -0.3 is 29.7 Å². The first-order valence-corrected chi connectivity index (χ1v) is 16.3. The Labute approximate surface area is 266 Å². The summed E-state index contributed by atoms with van der Waals surface area (Å²) >= 11 is 0. The normalized spacial score (nSPS) is 25.5. The zero-order valence-corrected chi connectivity index (χ0v) is 27.0. The third-order valence-corrected chi connectivity index (χ3v) is 9.38. The number of likely N-dealkylation sites (tertiary alicyclic amines) is 1. The Balaban J connectivity index is 1.62. The highest BCUT2D eigenvalue weighted by Gasteiger charge is 2.75. The molecule has 1 aromatic rings. The fourth-order valence-corrected chi connectivity index (χ4v) is 7.39. The van der Waals surface area contributed by atoms with E-state index in [-0.39, 0.29) is 37.4 Å². The second-order valence-electron chi connectivity index (χ2n) is 12.6. The molecule has 10 nitrogen and oxygen atoms in total. The summed E-state index contributed by atoms with van der Waals surface area (Å²) < 4.78 is 12.4. The fourth-order valence-electron chi connectivity index (χ4n) is 7.39. The molecule has 0 aliphatic carbocycles. The predicted molar refractivity (Wildman–Crippen MR) is 171 cm³/mol. The summed E-state index contributed by atoms with van der Waals surface area (Å²) in [5.41, 5.74) is 1.50. The Morgan fingerprint density at radius 2 is 1.89 bits per heavy atom. The molecule has 6 atom stereocenters. The van der Waals surface area contributed by atoms with Gasteiger partial charge in [-0.2, -0.15) is 0 Å². The Bertz CT molecular complexity index is 1260. The van der Waals surface area contributed by atoms with Crippen LogP contribution in [0.3, 0.4) is 0 Å². The minimum Gasteiger partial charge on any atom is -0.460 e. The molecule has 3 heterocycles. The number of nitrogens with one attached hydrogen (secondary N) is 1. The van der Waals surface area contributed by atoms with Crippen LogP contribution >= 0.6 is 0 Å². The molecule has 3 aliphatic heterocycles. The predicted octanol–water partition coefficient (Wildman–Crippen LogP) is 3.76. The van der Waals surface area contributed by atoms with Gasteiger partial charge in [0, 0.05) is 31.8 Å². The zero-order valence-electron chi connectivity index (χ0n) is 27.0. The number of ether oxygens (including phenoxy) is 2. The van der Waals surface area contributed by atoms with Crippen LogP contribution < -0.4 is 10.2 Å². The first kappa shape index (κ1) is 34.4. The number of rotatable bonds is 17. The number of fused-ring (bicyclic) bond motifs is 1. The molecule has 3 fully saturated rings. The van der Waals surface area contributed by atoms with Gasteiger partial charge in [-0.1, -0.05) is 43.2 Å². The summed E-state index contributed by atoms with van der Waals surface area (Å²) in [6, 6.07) is 4.95. The smallest absolute Gasteiger partial charge is 0.312 e. The molecule has 3 saturated heterocycles. The summed E-state index contributed by atoms with van der Waals surface area (Å²) in [4.78, 5) is 58.1. The van der Waals surface area contributed by atoms with E-state index in [1.54, 1.807) is 28.9 Å². The number of para-hydroxylation sites is 1. The van der Waals surface area contributed by atoms with E-state index in [4.69, 9.17) is 9.47 Å². The highest BCUT2D eigenvalue weighted by Crippen LogP contribution is 2.59. The van der Waals surface area contributed by atoms with Crippen molar-refractivity contribution in [3.05, 3.63) is 54.6 Å². The molecule has 0 saturated carbocycles. The van der Waals surface area contributed by atoms with Crippen LogP contribution in [0.15, 0.2) is 43.5 Å². The Morgan fingerprint density at radius 3 is 2.56 bits per heavy atom. The molecule has 10 heteroatoms. The van der Waals surface area contributed by atoms with E-state index in [0.717, 1.165) is 29.7 Å². The van der Waals surface area contributed by atoms with Gasteiger partial charge in [0.15, 0.2) is 0 Å². The summed E-state index contributed by atoms with van der Waals surface area (Å²) in [5, 5.41) is 12.0. The number of carbonyl (C=O) groups is 4. The second-order valence-corrected chi connectivity index (χ2v) is 12.6. The van der Waals surface area contributed by atoms with Crippen LogP contribution in [0.25, 0.3) is 0 Å². The maximum Gasteiger partial charge on any atom is 0.312 e. The molecule has 4 rings (SSSR count). The molecule has 3 aliphatic rings. The molecular weight excluding hydrogens is 574 g/mol. The van der Waals surface area contributed by atoms with Gasteiger partial charge in [0.25, 0.3) is 5.91 Å². The number of aliphatic hydroxyl groups is 1. The number of hydrogen-bond acceptors (Lipinski definition) is 7. The standard InChI is InChI=1S/C35H49N3O7/c1-6-8-16-27(40)36-22-25(5)44-34(43)28-26-17-18-35(45-26)29(28)32(41)38(20-11-9-10-12-21-39)31(35)33(42)37(19-7-2)30-23(3)14-13-15-24(30)4/h6-7,13-15,25-26,28-29,31,39H,1-2,8-12,16-22H2,3-5H3,(H,36,40)/t25-,26-,28+,29+,31-,35+/m1/s1. The molecule has 2 bridgehead atoms. The van der Waals surface area contributed by atoms with Gasteiger partial charge in [-0.05, 0) is 64.0 Å². The van der Waals surface area contributed by atoms with E-state index in [2.05, 4.69) is 18.5 Å². The van der Waals surface area contributed by atoms with Crippen molar-refractivity contribution in [1.82, 2.24) is 10.2 Å². The Morgan fingerprint density at radius 1 is 1.18 bits per heavy atom. The van der Waals surface area contributed by atoms with Crippen molar-refractivity contribution in [2.24, 2.45) is 11.8 Å². The van der Waals surface area contributed by atoms with Gasteiger partial charge >= 0.3 is 5.97 Å². The molecule has 0 unspecified atom stereocenters. The molecule has 0 aromatic heterocycles. The van der Waals surface area contributed by atoms with Crippen molar-refractivity contribution < 1.29 is 33.8 Å². The summed E-state index contributed by atoms with van der Waals surface area (Å²) in [7, 11) is 0. The van der Waals surface area contributed by atoms with E-state index < -0.39 is 41.7 Å². The number of unbranched alkanes of at least 4 members (excludes halogenated alkanes) is 3. The highest BCUT2D eigenvalue weighted by molar-refractivity contribution is 6.05. The largest absolute Gasteiger partial charge is 0.460 e. The third kappa shape index (κ3) is 7.02. The lowest BCUT2D eigenvalue weighted by Gasteiger charge is -2.37. The van der Waals surface area contributed by atoms with Crippen LogP contribution in [0.5, 0.6) is 0 Å². The number of esters is 1. The first-order chi connectivity index (χ1) is 21.6. The van der Waals surface area contributed by atoms with E-state index >= 15 is 0 Å². The SMILES string of the molecule is C=CCCC(=O)NC[C@@H](C)OC(=O)[C@@H]1[C@H]2C(=O)N(CCCCCCO)[C@H](C(=O)N(CC=C)c3c(C)cccc3C)[C@]23CC[C@H]1O3. The molecule has 246 valence electrons. The van der Waals surface area contributed by atoms with E-state index in [9.17, 15) is 24.3 Å². The van der Waals surface area contributed by atoms with Gasteiger partial charge in [0.05, 0.1) is 24.5 Å². The number of hydrogen-bond donors (Lipinski definition) is 2. The number of nitrogens with zero attached hydrogens (tertiary/aromatic N) is 2. The van der Waals surface area contributed by atoms with Gasteiger partial charge in [0.1, 0.15) is 17.7 Å². The lowest BCUT2D eigenvalue weighted by atomic mass is 9.70. The number of benzene rings is 1. The van der Waals surface area contributed by atoms with Gasteiger partial charge in [-0.3, -0.25) is 19.2 Å². The van der Waals surface area contributed by atoms with Crippen LogP contribution in [0.4, 0.5) is 5.69 Å². The first-order valence-electron chi connectivity index (χ1n) is 16.3. The molecule has 1 spiro atoms. The fraction of sp³-hybridized carbons (Fsp3) is 0.600. The molecular formula is C35H49N3O7. The van der Waals surface area contributed by atoms with E-state index in [0.29, 0.717) is 45.1 Å². The number of aliphatic hydroxyl groups excluding tert-OH is 1. The third-order valence-electron chi connectivity index (χ3n) is 9.38. The summed E-state index contributed by atoms with van der Waals surface area (Å²) in [6.45, 7) is 14.0. The number of amides is 3. The van der Waals surface area contributed by atoms with E-state index in [1.165, 1.54) is 0 Å². The van der Waals surface area contributed by atoms with E-state index in [1.807, 2.05) is 32.0 Å². The molecule has 1 aromatic carbocycles. The van der Waals surface area contributed by atoms with Crippen molar-refractivity contribution in [2.75, 3.05) is 31.1 Å². The maximum absolute atomic E-state index is 14.7. The van der Waals surface area contributed by atoms with Crippen LogP contribution in [0.1, 0.15) is 69.4 Å². The topological polar surface area (TPSA) is 125 Å².